The Kier molecular flexibility index (Phi) is 5.59. The van der Waals surface area contributed by atoms with Crippen LogP contribution in [0.2, 0.25) is 0 Å². The molecule has 0 unspecified atom stereocenters. The number of fused-ring (bicyclic) bond motifs is 2. The summed E-state index contributed by atoms with van der Waals surface area (Å²) < 4.78 is 0. The third-order valence-electron chi connectivity index (χ3n) is 6.00. The minimum atomic E-state index is -0.0496. The molecule has 0 radical (unpaired) electrons. The fourth-order valence-corrected chi connectivity index (χ4v) is 6.76. The zero-order valence-electron chi connectivity index (χ0n) is 19.3. The zero-order chi connectivity index (χ0) is 23.9. The van der Waals surface area contributed by atoms with Crippen molar-refractivity contribution in [2.24, 2.45) is 4.99 Å². The molecule has 0 atom stereocenters. The van der Waals surface area contributed by atoms with E-state index in [1.807, 2.05) is 73.7 Å². The first-order valence-electron chi connectivity index (χ1n) is 11.4. The zero-order valence-corrected chi connectivity index (χ0v) is 20.9. The molecule has 0 spiro atoms. The number of carbonyl (C=O) groups is 1. The number of nitrogens with zero attached hydrogens (tertiary/aromatic N) is 4. The SMILES string of the molecule is CCN1C(=C2SC(=Nc3cccc4ncccc34)N(c3cccc(C)c3)C2=O)Sc2ccccc21. The molecule has 1 fully saturated rings. The van der Waals surface area contributed by atoms with Gasteiger partial charge in [0.15, 0.2) is 5.17 Å². The van der Waals surface area contributed by atoms with Gasteiger partial charge in [0.1, 0.15) is 9.93 Å². The molecule has 1 amide bonds. The normalized spacial score (nSPS) is 18.7. The Morgan fingerprint density at radius 3 is 2.66 bits per heavy atom. The summed E-state index contributed by atoms with van der Waals surface area (Å²) in [4.78, 5) is 29.3. The third-order valence-corrected chi connectivity index (χ3v) is 8.34. The van der Waals surface area contributed by atoms with Gasteiger partial charge in [0.2, 0.25) is 0 Å². The van der Waals surface area contributed by atoms with E-state index < -0.39 is 0 Å². The number of hydrogen-bond donors (Lipinski definition) is 0. The monoisotopic (exact) mass is 494 g/mol. The molecule has 3 heterocycles. The van der Waals surface area contributed by atoms with Gasteiger partial charge < -0.3 is 4.90 Å². The quantitative estimate of drug-likeness (QED) is 0.284. The summed E-state index contributed by atoms with van der Waals surface area (Å²) in [6, 6.07) is 26.1. The number of thioether (sulfide) groups is 2. The van der Waals surface area contributed by atoms with Crippen LogP contribution in [-0.4, -0.2) is 22.6 Å². The highest BCUT2D eigenvalue weighted by Gasteiger charge is 2.40. The summed E-state index contributed by atoms with van der Waals surface area (Å²) in [5.41, 5.74) is 4.73. The maximum atomic E-state index is 14.0. The molecule has 0 saturated carbocycles. The van der Waals surface area contributed by atoms with Gasteiger partial charge in [0.05, 0.1) is 22.6 Å². The van der Waals surface area contributed by atoms with Crippen LogP contribution in [0.15, 0.2) is 105 Å². The fourth-order valence-electron chi connectivity index (χ4n) is 4.38. The van der Waals surface area contributed by atoms with Crippen LogP contribution in [0.5, 0.6) is 0 Å². The van der Waals surface area contributed by atoms with Crippen molar-refractivity contribution >= 4 is 62.6 Å². The maximum Gasteiger partial charge on any atom is 0.274 e. The van der Waals surface area contributed by atoms with Gasteiger partial charge in [-0.1, -0.05) is 42.1 Å². The first kappa shape index (κ1) is 21.9. The number of hydrogen-bond acceptors (Lipinski definition) is 6. The number of aliphatic imine (C=N–C) groups is 1. The van der Waals surface area contributed by atoms with E-state index in [4.69, 9.17) is 4.99 Å². The van der Waals surface area contributed by atoms with Gasteiger partial charge in [-0.15, -0.1) is 0 Å². The molecular formula is C28H22N4OS2. The van der Waals surface area contributed by atoms with E-state index in [1.165, 1.54) is 11.8 Å². The molecular weight excluding hydrogens is 472 g/mol. The first-order valence-corrected chi connectivity index (χ1v) is 13.1. The molecule has 1 saturated heterocycles. The van der Waals surface area contributed by atoms with E-state index in [0.29, 0.717) is 10.1 Å². The topological polar surface area (TPSA) is 48.8 Å². The molecule has 2 aliphatic heterocycles. The molecule has 172 valence electrons. The van der Waals surface area contributed by atoms with Crippen molar-refractivity contribution < 1.29 is 4.79 Å². The van der Waals surface area contributed by atoms with Crippen LogP contribution < -0.4 is 9.80 Å². The molecule has 35 heavy (non-hydrogen) atoms. The second kappa shape index (κ2) is 8.91. The van der Waals surface area contributed by atoms with E-state index in [-0.39, 0.29) is 5.91 Å². The largest absolute Gasteiger partial charge is 0.334 e. The van der Waals surface area contributed by atoms with Crippen molar-refractivity contribution in [2.45, 2.75) is 18.7 Å². The third kappa shape index (κ3) is 3.81. The predicted octanol–water partition coefficient (Wildman–Crippen LogP) is 7.11. The molecule has 6 rings (SSSR count). The number of carbonyl (C=O) groups excluding carboxylic acids is 1. The maximum absolute atomic E-state index is 14.0. The number of rotatable bonds is 3. The Morgan fingerprint density at radius 1 is 0.943 bits per heavy atom. The van der Waals surface area contributed by atoms with Crippen LogP contribution in [0.1, 0.15) is 12.5 Å². The second-order valence-electron chi connectivity index (χ2n) is 8.27. The van der Waals surface area contributed by atoms with Gasteiger partial charge in [-0.3, -0.25) is 14.7 Å². The molecule has 1 aromatic heterocycles. The average molecular weight is 495 g/mol. The van der Waals surface area contributed by atoms with Crippen LogP contribution in [0.4, 0.5) is 17.1 Å². The molecule has 0 N–H and O–H groups in total. The van der Waals surface area contributed by atoms with Gasteiger partial charge in [-0.2, -0.15) is 0 Å². The summed E-state index contributed by atoms with van der Waals surface area (Å²) in [6.07, 6.45) is 1.78. The fraction of sp³-hybridized carbons (Fsp3) is 0.107. The van der Waals surface area contributed by atoms with Gasteiger partial charge in [-0.25, -0.2) is 4.99 Å². The Bertz CT molecular complexity index is 1540. The van der Waals surface area contributed by atoms with Crippen LogP contribution >= 0.6 is 23.5 Å². The van der Waals surface area contributed by atoms with Crippen LogP contribution in [0.3, 0.4) is 0 Å². The average Bonchev–Trinajstić information content (AvgIpc) is 3.41. The van der Waals surface area contributed by atoms with Gasteiger partial charge >= 0.3 is 0 Å². The molecule has 3 aromatic carbocycles. The van der Waals surface area contributed by atoms with Crippen molar-refractivity contribution in [3.05, 3.63) is 101 Å². The number of amides is 1. The Hall–Kier alpha value is -3.55. The lowest BCUT2D eigenvalue weighted by Gasteiger charge is -2.19. The Morgan fingerprint density at radius 2 is 1.80 bits per heavy atom. The van der Waals surface area contributed by atoms with Crippen LogP contribution in [-0.2, 0) is 4.79 Å². The summed E-state index contributed by atoms with van der Waals surface area (Å²) in [7, 11) is 0. The van der Waals surface area contributed by atoms with Crippen molar-refractivity contribution in [3.63, 3.8) is 0 Å². The van der Waals surface area contributed by atoms with E-state index in [2.05, 4.69) is 28.9 Å². The number of para-hydroxylation sites is 1. The number of pyridine rings is 1. The minimum absolute atomic E-state index is 0.0496. The number of amidine groups is 1. The lowest BCUT2D eigenvalue weighted by Crippen LogP contribution is -2.29. The molecule has 2 aliphatic rings. The van der Waals surface area contributed by atoms with E-state index in [0.717, 1.165) is 50.0 Å². The summed E-state index contributed by atoms with van der Waals surface area (Å²) in [5, 5.41) is 2.57. The van der Waals surface area contributed by atoms with Crippen LogP contribution in [0.25, 0.3) is 10.9 Å². The highest BCUT2D eigenvalue weighted by molar-refractivity contribution is 8.20. The standard InChI is InChI=1S/C28H22N4OS2/c1-3-31-23-14-4-5-15-24(23)34-27(31)25-26(33)32(19-10-6-9-18(2)17-19)28(35-25)30-22-13-7-12-21-20(22)11-8-16-29-21/h4-17H,3H2,1-2H3. The predicted molar refractivity (Wildman–Crippen MR) is 147 cm³/mol. The van der Waals surface area contributed by atoms with E-state index in [1.54, 1.807) is 22.9 Å². The van der Waals surface area contributed by atoms with Crippen molar-refractivity contribution in [1.82, 2.24) is 4.98 Å². The van der Waals surface area contributed by atoms with Crippen molar-refractivity contribution in [1.29, 1.82) is 0 Å². The molecule has 5 nitrogen and oxygen atoms in total. The summed E-state index contributed by atoms with van der Waals surface area (Å²) in [6.45, 7) is 4.93. The van der Waals surface area contributed by atoms with Crippen LogP contribution in [0, 0.1) is 6.92 Å². The number of aromatic nitrogens is 1. The van der Waals surface area contributed by atoms with Gasteiger partial charge in [0.25, 0.3) is 5.91 Å². The number of anilines is 2. The van der Waals surface area contributed by atoms with Crippen molar-refractivity contribution in [2.75, 3.05) is 16.3 Å². The number of aryl methyl sites for hydroxylation is 1. The highest BCUT2D eigenvalue weighted by Crippen LogP contribution is 2.51. The van der Waals surface area contributed by atoms with Gasteiger partial charge in [-0.05, 0) is 79.7 Å². The Balaban J connectivity index is 1.52. The Labute approximate surface area is 212 Å². The minimum Gasteiger partial charge on any atom is -0.334 e. The first-order chi connectivity index (χ1) is 17.1. The summed E-state index contributed by atoms with van der Waals surface area (Å²) >= 11 is 3.09. The smallest absolute Gasteiger partial charge is 0.274 e. The lowest BCUT2D eigenvalue weighted by atomic mass is 10.2. The second-order valence-corrected chi connectivity index (χ2v) is 10.3. The molecule has 0 bridgehead atoms. The van der Waals surface area contributed by atoms with E-state index >= 15 is 0 Å². The highest BCUT2D eigenvalue weighted by atomic mass is 32.2. The van der Waals surface area contributed by atoms with E-state index in [9.17, 15) is 4.79 Å². The molecule has 7 heteroatoms. The lowest BCUT2D eigenvalue weighted by molar-refractivity contribution is -0.113. The summed E-state index contributed by atoms with van der Waals surface area (Å²) in [5.74, 6) is -0.0496. The molecule has 4 aromatic rings. The van der Waals surface area contributed by atoms with Gasteiger partial charge in [0, 0.05) is 23.0 Å². The number of benzene rings is 3. The molecule has 0 aliphatic carbocycles. The van der Waals surface area contributed by atoms with Crippen molar-refractivity contribution in [3.8, 4) is 0 Å².